The van der Waals surface area contributed by atoms with Crippen molar-refractivity contribution in [3.05, 3.63) is 77.4 Å². The van der Waals surface area contributed by atoms with Gasteiger partial charge in [-0.3, -0.25) is 4.79 Å². The first-order valence-electron chi connectivity index (χ1n) is 8.24. The molecule has 4 nitrogen and oxygen atoms in total. The van der Waals surface area contributed by atoms with Gasteiger partial charge in [0.15, 0.2) is 5.96 Å². The number of alkyl halides is 3. The third kappa shape index (κ3) is 6.65. The highest BCUT2D eigenvalue weighted by molar-refractivity contribution is 6.00. The molecule has 144 valence electrons. The number of hydrogen-bond donors (Lipinski definition) is 1. The predicted molar refractivity (Wildman–Crippen MR) is 103 cm³/mol. The molecule has 0 aliphatic rings. The lowest BCUT2D eigenvalue weighted by Crippen LogP contribution is -2.34. The van der Waals surface area contributed by atoms with E-state index in [1.54, 1.807) is 7.05 Å². The Morgan fingerprint density at radius 1 is 1.18 bits per heavy atom. The minimum Gasteiger partial charge on any atom is -0.369 e. The minimum absolute atomic E-state index is 0.0407. The topological polar surface area (TPSA) is 58.7 Å². The van der Waals surface area contributed by atoms with Crippen LogP contribution in [0.3, 0.4) is 0 Å². The van der Waals surface area contributed by atoms with Crippen molar-refractivity contribution < 1.29 is 18.0 Å². The van der Waals surface area contributed by atoms with Gasteiger partial charge in [-0.25, -0.2) is 0 Å². The van der Waals surface area contributed by atoms with Crippen LogP contribution in [0.1, 0.15) is 16.7 Å². The third-order valence-corrected chi connectivity index (χ3v) is 3.57. The van der Waals surface area contributed by atoms with Crippen molar-refractivity contribution in [2.45, 2.75) is 6.18 Å². The normalized spacial score (nSPS) is 11.8. The van der Waals surface area contributed by atoms with E-state index in [4.69, 9.17) is 5.73 Å². The van der Waals surface area contributed by atoms with Crippen molar-refractivity contribution in [2.75, 3.05) is 13.6 Å². The minimum atomic E-state index is -4.44. The fraction of sp³-hybridized carbons (Fsp3) is 0.143. The zero-order valence-electron chi connectivity index (χ0n) is 15.1. The van der Waals surface area contributed by atoms with E-state index in [0.717, 1.165) is 23.8 Å². The van der Waals surface area contributed by atoms with Crippen LogP contribution < -0.4 is 5.73 Å². The third-order valence-electron chi connectivity index (χ3n) is 3.57. The smallest absolute Gasteiger partial charge is 0.369 e. The summed E-state index contributed by atoms with van der Waals surface area (Å²) in [6.07, 6.45) is -2.13. The van der Waals surface area contributed by atoms with Gasteiger partial charge in [0.05, 0.1) is 12.1 Å². The monoisotopic (exact) mass is 385 g/mol. The molecule has 2 aromatic rings. The fourth-order valence-electron chi connectivity index (χ4n) is 2.08. The van der Waals surface area contributed by atoms with E-state index in [-0.39, 0.29) is 18.1 Å². The summed E-state index contributed by atoms with van der Waals surface area (Å²) >= 11 is 0. The first kappa shape index (κ1) is 20.8. The van der Waals surface area contributed by atoms with Gasteiger partial charge in [-0.15, -0.1) is 0 Å². The molecule has 0 fully saturated rings. The molecule has 0 bridgehead atoms. The number of halogens is 3. The number of guanidine groups is 1. The number of nitrogens with zero attached hydrogens (tertiary/aromatic N) is 2. The average molecular weight is 385 g/mol. The molecule has 0 atom stereocenters. The Morgan fingerprint density at radius 3 is 2.57 bits per heavy atom. The lowest BCUT2D eigenvalue weighted by atomic mass is 10.1. The van der Waals surface area contributed by atoms with Crippen LogP contribution in [0, 0.1) is 11.8 Å². The molecule has 7 heteroatoms. The molecular weight excluding hydrogens is 367 g/mol. The van der Waals surface area contributed by atoms with Gasteiger partial charge >= 0.3 is 6.18 Å². The first-order valence-corrected chi connectivity index (χ1v) is 8.24. The molecule has 0 aliphatic heterocycles. The van der Waals surface area contributed by atoms with Crippen LogP contribution in [0.15, 0.2) is 65.7 Å². The summed E-state index contributed by atoms with van der Waals surface area (Å²) in [5, 5.41) is 0. The van der Waals surface area contributed by atoms with Gasteiger partial charge in [0.1, 0.15) is 0 Å². The maximum absolute atomic E-state index is 12.7. The van der Waals surface area contributed by atoms with Crippen molar-refractivity contribution in [2.24, 2.45) is 10.7 Å². The Morgan fingerprint density at radius 2 is 1.89 bits per heavy atom. The fourth-order valence-corrected chi connectivity index (χ4v) is 2.08. The van der Waals surface area contributed by atoms with Gasteiger partial charge in [0.2, 0.25) is 0 Å². The average Bonchev–Trinajstić information content (AvgIpc) is 2.66. The highest BCUT2D eigenvalue weighted by Crippen LogP contribution is 2.29. The maximum atomic E-state index is 12.7. The summed E-state index contributed by atoms with van der Waals surface area (Å²) in [5.41, 5.74) is 6.05. The molecule has 0 aromatic heterocycles. The largest absolute Gasteiger partial charge is 0.416 e. The predicted octanol–water partition coefficient (Wildman–Crippen LogP) is 3.54. The van der Waals surface area contributed by atoms with Gasteiger partial charge in [-0.1, -0.05) is 42.2 Å². The summed E-state index contributed by atoms with van der Waals surface area (Å²) in [5.74, 6) is 5.14. The number of nitrogens with two attached hydrogens (primary N) is 1. The number of benzene rings is 2. The number of hydrogen-bond acceptors (Lipinski definition) is 1. The molecule has 2 aromatic carbocycles. The van der Waals surface area contributed by atoms with Gasteiger partial charge in [-0.05, 0) is 35.9 Å². The van der Waals surface area contributed by atoms with E-state index >= 15 is 0 Å². The Labute approximate surface area is 161 Å². The summed E-state index contributed by atoms with van der Waals surface area (Å²) in [7, 11) is 1.63. The molecule has 2 N–H and O–H groups in total. The lowest BCUT2D eigenvalue weighted by molar-refractivity contribution is -0.137. The number of carbonyl (C=O) groups is 1. The van der Waals surface area contributed by atoms with E-state index in [1.165, 1.54) is 23.1 Å². The van der Waals surface area contributed by atoms with Crippen LogP contribution in [0.4, 0.5) is 13.2 Å². The van der Waals surface area contributed by atoms with Crippen molar-refractivity contribution in [1.29, 1.82) is 0 Å². The molecule has 0 radical (unpaired) electrons. The molecule has 0 heterocycles. The second kappa shape index (κ2) is 9.42. The van der Waals surface area contributed by atoms with E-state index in [0.29, 0.717) is 0 Å². The van der Waals surface area contributed by atoms with Crippen LogP contribution in [-0.2, 0) is 11.0 Å². The lowest BCUT2D eigenvalue weighted by Gasteiger charge is -2.13. The van der Waals surface area contributed by atoms with E-state index in [9.17, 15) is 18.0 Å². The molecule has 0 unspecified atom stereocenters. The Balaban J connectivity index is 1.97. The molecule has 1 amide bonds. The van der Waals surface area contributed by atoms with Crippen LogP contribution in [0.2, 0.25) is 0 Å². The highest BCUT2D eigenvalue weighted by atomic mass is 19.4. The second-order valence-electron chi connectivity index (χ2n) is 5.79. The number of aliphatic imine (C=N–C) groups is 1. The van der Waals surface area contributed by atoms with Gasteiger partial charge in [-0.2, -0.15) is 18.2 Å². The number of amides is 1. The van der Waals surface area contributed by atoms with Crippen LogP contribution >= 0.6 is 0 Å². The van der Waals surface area contributed by atoms with Crippen LogP contribution in [-0.4, -0.2) is 30.4 Å². The number of carbonyl (C=O) groups excluding carboxylic acids is 1. The molecule has 0 saturated carbocycles. The SMILES string of the molecule is CN(CC#Cc1ccccc1)C(N)=NC(=O)/C=C/c1cccc(C(F)(F)F)c1. The summed E-state index contributed by atoms with van der Waals surface area (Å²) in [4.78, 5) is 17.1. The quantitative estimate of drug-likeness (QED) is 0.381. The molecule has 0 saturated heterocycles. The number of rotatable bonds is 3. The van der Waals surface area contributed by atoms with Gasteiger partial charge in [0, 0.05) is 18.7 Å². The zero-order chi connectivity index (χ0) is 20.6. The molecular formula is C21H18F3N3O. The second-order valence-corrected chi connectivity index (χ2v) is 5.79. The summed E-state index contributed by atoms with van der Waals surface area (Å²) in [6.45, 7) is 0.259. The zero-order valence-corrected chi connectivity index (χ0v) is 15.1. The van der Waals surface area contributed by atoms with Crippen molar-refractivity contribution in [1.82, 2.24) is 4.90 Å². The Kier molecular flexibility index (Phi) is 6.99. The van der Waals surface area contributed by atoms with Crippen molar-refractivity contribution in [3.63, 3.8) is 0 Å². The van der Waals surface area contributed by atoms with Crippen molar-refractivity contribution >= 4 is 17.9 Å². The van der Waals surface area contributed by atoms with E-state index in [2.05, 4.69) is 16.8 Å². The van der Waals surface area contributed by atoms with E-state index < -0.39 is 17.6 Å². The summed E-state index contributed by atoms with van der Waals surface area (Å²) in [6, 6.07) is 14.0. The van der Waals surface area contributed by atoms with Gasteiger partial charge in [0.25, 0.3) is 5.91 Å². The van der Waals surface area contributed by atoms with Crippen LogP contribution in [0.25, 0.3) is 6.08 Å². The van der Waals surface area contributed by atoms with Crippen molar-refractivity contribution in [3.8, 4) is 11.8 Å². The highest BCUT2D eigenvalue weighted by Gasteiger charge is 2.30. The van der Waals surface area contributed by atoms with Gasteiger partial charge < -0.3 is 10.6 Å². The molecule has 0 aliphatic carbocycles. The Hall–Kier alpha value is -3.53. The first-order chi connectivity index (χ1) is 13.3. The summed E-state index contributed by atoms with van der Waals surface area (Å²) < 4.78 is 38.1. The standard InChI is InChI=1S/C21H18F3N3O/c1-27(14-6-10-16-7-3-2-4-8-16)20(25)26-19(28)13-12-17-9-5-11-18(15-17)21(22,23)24/h2-5,7-9,11-13,15H,14H2,1H3,(H2,25,26,28)/b13-12+. The molecule has 2 rings (SSSR count). The Bertz CT molecular complexity index is 939. The molecule has 28 heavy (non-hydrogen) atoms. The van der Waals surface area contributed by atoms with E-state index in [1.807, 2.05) is 30.3 Å². The molecule has 0 spiro atoms. The maximum Gasteiger partial charge on any atom is 0.416 e. The van der Waals surface area contributed by atoms with Crippen LogP contribution in [0.5, 0.6) is 0 Å².